The van der Waals surface area contributed by atoms with Gasteiger partial charge in [-0.3, -0.25) is 4.79 Å². The summed E-state index contributed by atoms with van der Waals surface area (Å²) >= 11 is 1.71. The molecule has 4 heteroatoms. The molecule has 0 heterocycles. The molecule has 0 aromatic heterocycles. The van der Waals surface area contributed by atoms with Crippen LogP contribution in [0.1, 0.15) is 29.8 Å². The summed E-state index contributed by atoms with van der Waals surface area (Å²) in [7, 11) is 1.62. The number of amides is 1. The Morgan fingerprint density at radius 1 is 1.35 bits per heavy atom. The standard InChI is InChI=1S/C13H19NO2S/c1-9(15)10(2)17-8-11-4-6-12(7-5-11)13(16)14-3/h4-7,9-10,15H,8H2,1-3H3,(H,14,16)/t9-,10-/m0/s1. The number of aliphatic hydroxyl groups is 1. The van der Waals surface area contributed by atoms with Gasteiger partial charge in [0, 0.05) is 23.6 Å². The molecule has 17 heavy (non-hydrogen) atoms. The van der Waals surface area contributed by atoms with Gasteiger partial charge in [0.15, 0.2) is 0 Å². The zero-order chi connectivity index (χ0) is 12.8. The van der Waals surface area contributed by atoms with Crippen LogP contribution in [0.25, 0.3) is 0 Å². The molecule has 2 N–H and O–H groups in total. The Morgan fingerprint density at radius 2 is 1.94 bits per heavy atom. The number of hydrogen-bond acceptors (Lipinski definition) is 3. The summed E-state index contributed by atoms with van der Waals surface area (Å²) in [6, 6.07) is 7.54. The van der Waals surface area contributed by atoms with E-state index in [1.165, 1.54) is 0 Å². The van der Waals surface area contributed by atoms with Gasteiger partial charge < -0.3 is 10.4 Å². The minimum Gasteiger partial charge on any atom is -0.392 e. The fraction of sp³-hybridized carbons (Fsp3) is 0.462. The van der Waals surface area contributed by atoms with Gasteiger partial charge in [-0.25, -0.2) is 0 Å². The fourth-order valence-electron chi connectivity index (χ4n) is 1.26. The van der Waals surface area contributed by atoms with Gasteiger partial charge in [-0.05, 0) is 24.6 Å². The predicted octanol–water partition coefficient (Wildman–Crippen LogP) is 2.05. The van der Waals surface area contributed by atoms with Crippen molar-refractivity contribution in [1.29, 1.82) is 0 Å². The van der Waals surface area contributed by atoms with Crippen molar-refractivity contribution in [2.24, 2.45) is 0 Å². The van der Waals surface area contributed by atoms with Crippen molar-refractivity contribution in [1.82, 2.24) is 5.32 Å². The first-order valence-corrected chi connectivity index (χ1v) is 6.70. The third-order valence-corrected chi connectivity index (χ3v) is 4.06. The average Bonchev–Trinajstić information content (AvgIpc) is 2.35. The number of nitrogens with one attached hydrogen (secondary N) is 1. The van der Waals surface area contributed by atoms with E-state index >= 15 is 0 Å². The van der Waals surface area contributed by atoms with Crippen LogP contribution in [0.15, 0.2) is 24.3 Å². The Balaban J connectivity index is 2.54. The predicted molar refractivity (Wildman–Crippen MR) is 72.3 cm³/mol. The van der Waals surface area contributed by atoms with Gasteiger partial charge in [0.2, 0.25) is 0 Å². The molecule has 1 aromatic carbocycles. The lowest BCUT2D eigenvalue weighted by atomic mass is 10.1. The van der Waals surface area contributed by atoms with E-state index in [1.54, 1.807) is 25.7 Å². The second kappa shape index (κ2) is 6.67. The third kappa shape index (κ3) is 4.40. The van der Waals surface area contributed by atoms with Crippen LogP contribution in [-0.2, 0) is 5.75 Å². The number of hydrogen-bond donors (Lipinski definition) is 2. The Labute approximate surface area is 107 Å². The van der Waals surface area contributed by atoms with Gasteiger partial charge in [-0.15, -0.1) is 0 Å². The van der Waals surface area contributed by atoms with Crippen LogP contribution < -0.4 is 5.32 Å². The third-order valence-electron chi connectivity index (χ3n) is 2.64. The van der Waals surface area contributed by atoms with E-state index in [9.17, 15) is 9.90 Å². The van der Waals surface area contributed by atoms with E-state index in [4.69, 9.17) is 0 Å². The monoisotopic (exact) mass is 253 g/mol. The minimum atomic E-state index is -0.301. The highest BCUT2D eigenvalue weighted by Crippen LogP contribution is 2.20. The van der Waals surface area contributed by atoms with E-state index in [0.29, 0.717) is 5.56 Å². The number of aliphatic hydroxyl groups excluding tert-OH is 1. The molecule has 94 valence electrons. The van der Waals surface area contributed by atoms with Crippen LogP contribution >= 0.6 is 11.8 Å². The van der Waals surface area contributed by atoms with Crippen molar-refractivity contribution in [3.63, 3.8) is 0 Å². The molecule has 0 aliphatic carbocycles. The molecule has 0 saturated carbocycles. The minimum absolute atomic E-state index is 0.0680. The molecule has 0 saturated heterocycles. The first-order valence-electron chi connectivity index (χ1n) is 5.65. The highest BCUT2D eigenvalue weighted by molar-refractivity contribution is 7.99. The van der Waals surface area contributed by atoms with Crippen molar-refractivity contribution < 1.29 is 9.90 Å². The molecule has 0 unspecified atom stereocenters. The molecule has 0 fully saturated rings. The number of carbonyl (C=O) groups excluding carboxylic acids is 1. The van der Waals surface area contributed by atoms with E-state index < -0.39 is 0 Å². The first-order chi connectivity index (χ1) is 8.04. The van der Waals surface area contributed by atoms with E-state index in [1.807, 2.05) is 31.2 Å². The van der Waals surface area contributed by atoms with Crippen LogP contribution in [0.3, 0.4) is 0 Å². The molecular formula is C13H19NO2S. The van der Waals surface area contributed by atoms with Crippen molar-refractivity contribution >= 4 is 17.7 Å². The molecule has 0 bridgehead atoms. The number of thioether (sulfide) groups is 1. The lowest BCUT2D eigenvalue weighted by Crippen LogP contribution is -2.17. The van der Waals surface area contributed by atoms with Gasteiger partial charge in [-0.1, -0.05) is 19.1 Å². The molecule has 0 spiro atoms. The molecule has 3 nitrogen and oxygen atoms in total. The molecule has 2 atom stereocenters. The second-order valence-corrected chi connectivity index (χ2v) is 5.40. The maximum absolute atomic E-state index is 11.3. The SMILES string of the molecule is CNC(=O)c1ccc(CS[C@@H](C)[C@H](C)O)cc1. The highest BCUT2D eigenvalue weighted by atomic mass is 32.2. The number of carbonyl (C=O) groups is 1. The Kier molecular flexibility index (Phi) is 5.51. The summed E-state index contributed by atoms with van der Waals surface area (Å²) < 4.78 is 0. The number of rotatable bonds is 5. The highest BCUT2D eigenvalue weighted by Gasteiger charge is 2.09. The van der Waals surface area contributed by atoms with Crippen LogP contribution in [0.5, 0.6) is 0 Å². The summed E-state index contributed by atoms with van der Waals surface area (Å²) in [5.41, 5.74) is 1.83. The van der Waals surface area contributed by atoms with E-state index in [2.05, 4.69) is 5.32 Å². The molecule has 1 aromatic rings. The molecule has 0 radical (unpaired) electrons. The number of benzene rings is 1. The van der Waals surface area contributed by atoms with Gasteiger partial charge in [-0.2, -0.15) is 11.8 Å². The molecule has 0 aliphatic heterocycles. The zero-order valence-corrected chi connectivity index (χ0v) is 11.3. The lowest BCUT2D eigenvalue weighted by Gasteiger charge is -2.13. The van der Waals surface area contributed by atoms with Crippen LogP contribution in [0.2, 0.25) is 0 Å². The zero-order valence-electron chi connectivity index (χ0n) is 10.4. The molecular weight excluding hydrogens is 234 g/mol. The summed E-state index contributed by atoms with van der Waals surface area (Å²) in [6.07, 6.45) is -0.301. The van der Waals surface area contributed by atoms with E-state index in [-0.39, 0.29) is 17.3 Å². The van der Waals surface area contributed by atoms with Gasteiger partial charge in [0.1, 0.15) is 0 Å². The van der Waals surface area contributed by atoms with Crippen molar-refractivity contribution in [2.75, 3.05) is 7.05 Å². The summed E-state index contributed by atoms with van der Waals surface area (Å²) in [4.78, 5) is 11.3. The normalized spacial score (nSPS) is 14.1. The van der Waals surface area contributed by atoms with E-state index in [0.717, 1.165) is 11.3 Å². The Hall–Kier alpha value is -1.00. The second-order valence-electron chi connectivity index (χ2n) is 4.03. The molecule has 1 amide bonds. The summed E-state index contributed by atoms with van der Waals surface area (Å²) in [5, 5.41) is 12.2. The molecule has 1 rings (SSSR count). The van der Waals surface area contributed by atoms with Gasteiger partial charge in [0.25, 0.3) is 5.91 Å². The Morgan fingerprint density at radius 3 is 2.41 bits per heavy atom. The van der Waals surface area contributed by atoms with Crippen molar-refractivity contribution in [3.8, 4) is 0 Å². The molecule has 0 aliphatic rings. The summed E-state index contributed by atoms with van der Waals surface area (Å²) in [6.45, 7) is 3.81. The largest absolute Gasteiger partial charge is 0.392 e. The smallest absolute Gasteiger partial charge is 0.251 e. The lowest BCUT2D eigenvalue weighted by molar-refractivity contribution is 0.0963. The van der Waals surface area contributed by atoms with Crippen molar-refractivity contribution in [2.45, 2.75) is 31.0 Å². The summed E-state index contributed by atoms with van der Waals surface area (Å²) in [5.74, 6) is 0.779. The quantitative estimate of drug-likeness (QED) is 0.844. The maximum atomic E-state index is 11.3. The van der Waals surface area contributed by atoms with Crippen molar-refractivity contribution in [3.05, 3.63) is 35.4 Å². The fourth-order valence-corrected chi connectivity index (χ4v) is 2.19. The average molecular weight is 253 g/mol. The topological polar surface area (TPSA) is 49.3 Å². The first kappa shape index (κ1) is 14.1. The van der Waals surface area contributed by atoms with Crippen LogP contribution in [0.4, 0.5) is 0 Å². The van der Waals surface area contributed by atoms with Gasteiger partial charge >= 0.3 is 0 Å². The van der Waals surface area contributed by atoms with Gasteiger partial charge in [0.05, 0.1) is 6.10 Å². The van der Waals surface area contributed by atoms with Crippen LogP contribution in [-0.4, -0.2) is 29.4 Å². The maximum Gasteiger partial charge on any atom is 0.251 e. The Bertz CT molecular complexity index is 362. The van der Waals surface area contributed by atoms with Crippen LogP contribution in [0, 0.1) is 0 Å².